The second kappa shape index (κ2) is 32.8. The lowest BCUT2D eigenvalue weighted by atomic mass is 9.74. The molecule has 2 atom stereocenters. The maximum absolute atomic E-state index is 13.3. The van der Waals surface area contributed by atoms with Crippen molar-refractivity contribution in [3.8, 4) is 0 Å². The average Bonchev–Trinajstić information content (AvgIpc) is 1.51. The first kappa shape index (κ1) is 77.7. The molecule has 29 nitrogen and oxygen atoms in total. The minimum absolute atomic E-state index is 0.000459. The number of hydrogen-bond acceptors (Lipinski definition) is 22. The van der Waals surface area contributed by atoms with Gasteiger partial charge in [0.05, 0.1) is 87.0 Å². The van der Waals surface area contributed by atoms with Gasteiger partial charge in [-0.3, -0.25) is 32.4 Å². The zero-order valence-corrected chi connectivity index (χ0v) is 59.0. The third-order valence-corrected chi connectivity index (χ3v) is 22.0. The van der Waals surface area contributed by atoms with E-state index < -0.39 is 105 Å². The van der Waals surface area contributed by atoms with Gasteiger partial charge in [-0.05, 0) is 129 Å². The molecule has 3 aliphatic heterocycles. The molecule has 1 fully saturated rings. The van der Waals surface area contributed by atoms with Crippen molar-refractivity contribution in [2.75, 3.05) is 117 Å². The summed E-state index contributed by atoms with van der Waals surface area (Å²) in [5, 5.41) is 0.388. The summed E-state index contributed by atoms with van der Waals surface area (Å²) >= 11 is 7.49. The topological polar surface area (TPSA) is 406 Å². The van der Waals surface area contributed by atoms with E-state index in [9.17, 15) is 79.2 Å². The Balaban J connectivity index is 1.26. The Labute approximate surface area is 573 Å². The Kier molecular flexibility index (Phi) is 26.0. The van der Waals surface area contributed by atoms with Crippen molar-refractivity contribution in [1.82, 2.24) is 5.06 Å². The van der Waals surface area contributed by atoms with E-state index in [4.69, 9.17) is 49.6 Å². The third kappa shape index (κ3) is 18.7. The minimum atomic E-state index is -5.19. The molecule has 0 saturated carbocycles. The van der Waals surface area contributed by atoms with Crippen LogP contribution in [0.25, 0.3) is 21.5 Å². The Bertz CT molecular complexity index is 4460. The number of rotatable bonds is 37. The molecule has 1 saturated heterocycles. The van der Waals surface area contributed by atoms with E-state index >= 15 is 0 Å². The van der Waals surface area contributed by atoms with Gasteiger partial charge in [0.15, 0.2) is 12.3 Å². The van der Waals surface area contributed by atoms with Crippen LogP contribution in [0.2, 0.25) is 0 Å². The van der Waals surface area contributed by atoms with Crippen molar-refractivity contribution in [3.63, 3.8) is 0 Å². The highest BCUT2D eigenvalue weighted by Crippen LogP contribution is 2.55. The van der Waals surface area contributed by atoms with Crippen LogP contribution in [0.4, 0.5) is 11.4 Å². The van der Waals surface area contributed by atoms with Gasteiger partial charge in [0.2, 0.25) is 5.69 Å². The summed E-state index contributed by atoms with van der Waals surface area (Å²) in [5.74, 6) is -3.02. The predicted molar refractivity (Wildman–Crippen MR) is 356 cm³/mol. The fourth-order valence-corrected chi connectivity index (χ4v) is 16.2. The number of methoxy groups -OCH3 is 2. The van der Waals surface area contributed by atoms with Crippen LogP contribution < -0.4 is 4.90 Å². The number of amides is 2. The van der Waals surface area contributed by atoms with Crippen molar-refractivity contribution in [3.05, 3.63) is 106 Å². The van der Waals surface area contributed by atoms with E-state index in [-0.39, 0.29) is 143 Å². The van der Waals surface area contributed by atoms with Crippen molar-refractivity contribution in [1.29, 1.82) is 0 Å². The highest BCUT2D eigenvalue weighted by molar-refractivity contribution is 7.87. The summed E-state index contributed by atoms with van der Waals surface area (Å²) in [6.07, 6.45) is 7.41. The molecule has 8 rings (SSSR count). The number of fused-ring (bicyclic) bond motifs is 6. The van der Waals surface area contributed by atoms with Crippen molar-refractivity contribution in [2.45, 2.75) is 108 Å². The highest BCUT2D eigenvalue weighted by atomic mass is 35.5. The van der Waals surface area contributed by atoms with Crippen LogP contribution in [0.3, 0.4) is 0 Å². The van der Waals surface area contributed by atoms with Crippen LogP contribution in [0.1, 0.15) is 89.2 Å². The van der Waals surface area contributed by atoms with Crippen LogP contribution in [-0.2, 0) is 114 Å². The number of nitrogens with zero attached hydrogens (tertiary/aromatic N) is 3. The Hall–Kier alpha value is -6.00. The molecular weight excluding hydrogens is 1410 g/mol. The third-order valence-electron chi connectivity index (χ3n) is 17.2. The van der Waals surface area contributed by atoms with Crippen molar-refractivity contribution in [2.24, 2.45) is 0 Å². The highest BCUT2D eigenvalue weighted by Gasteiger charge is 2.50. The molecule has 538 valence electrons. The van der Waals surface area contributed by atoms with Gasteiger partial charge in [-0.1, -0.05) is 29.8 Å². The quantitative estimate of drug-likeness (QED) is 0.0131. The molecule has 0 radical (unpaired) electrons. The first-order valence-electron chi connectivity index (χ1n) is 31.1. The van der Waals surface area contributed by atoms with Gasteiger partial charge in [0, 0.05) is 96.9 Å². The van der Waals surface area contributed by atoms with Gasteiger partial charge in [0.25, 0.3) is 62.4 Å². The molecule has 98 heavy (non-hydrogen) atoms. The van der Waals surface area contributed by atoms with E-state index in [2.05, 4.69) is 0 Å². The number of anilines is 1. The molecule has 2 unspecified atom stereocenters. The first-order valence-corrected chi connectivity index (χ1v) is 38.8. The summed E-state index contributed by atoms with van der Waals surface area (Å²) in [6, 6.07) is 9.21. The van der Waals surface area contributed by atoms with E-state index in [0.717, 1.165) is 12.1 Å². The fourth-order valence-electron chi connectivity index (χ4n) is 12.7. The maximum atomic E-state index is 13.3. The monoisotopic (exact) mass is 1490 g/mol. The van der Waals surface area contributed by atoms with Crippen LogP contribution in [0, 0.1) is 0 Å². The largest absolute Gasteiger partial charge is 0.382 e. The number of halogens is 1. The number of carbonyl (C=O) groups is 3. The molecule has 4 aromatic rings. The molecular formula is C63H79ClN3O26S5+. The van der Waals surface area contributed by atoms with Crippen LogP contribution in [0.15, 0.2) is 114 Å². The fraction of sp³-hybridized carbons (Fsp3) is 0.492. The van der Waals surface area contributed by atoms with E-state index in [1.165, 1.54) is 19.2 Å². The molecule has 3 heterocycles. The number of hydrogen-bond donors (Lipinski definition) is 5. The van der Waals surface area contributed by atoms with Gasteiger partial charge in [-0.2, -0.15) is 46.7 Å². The standard InChI is InChI=1S/C63H78ClN3O26S5/c1-62(21-7-37-94(71,72)73)54(66(24-26-89-32-34-90-29-27-86-3)51-16-14-46-48(59(51)62)38-44(95(74,75)76)40-52(46)97(80,81)82)17-11-42-8-5-9-43(61(42)64)12-18-55-63(2,22-25-88-31-33-92-36-35-91-30-28-87-4)60-49-39-45(96(77,78)79)41-53(98(83,84)85)47(49)13-15-50(60)65(55)23-6-10-58(70)93-67-56(68)19-20-57(67)69/h11-18,38-41H,5-10,19-37H2,1-4H3,(H4-,71,72,73,74,75,76,77,78,79,80,81,82,83,84,85)/p+1. The van der Waals surface area contributed by atoms with Gasteiger partial charge >= 0.3 is 5.97 Å². The molecule has 4 aromatic carbocycles. The van der Waals surface area contributed by atoms with Crippen LogP contribution in [-0.4, -0.2) is 210 Å². The molecule has 0 aromatic heterocycles. The lowest BCUT2D eigenvalue weighted by Crippen LogP contribution is -2.33. The summed E-state index contributed by atoms with van der Waals surface area (Å²) in [5.41, 5.74) is 0.699. The zero-order chi connectivity index (χ0) is 71.6. The zero-order valence-electron chi connectivity index (χ0n) is 54.2. The van der Waals surface area contributed by atoms with E-state index in [1.54, 1.807) is 62.3 Å². The van der Waals surface area contributed by atoms with Crippen molar-refractivity contribution < 1.29 is 122 Å². The van der Waals surface area contributed by atoms with Crippen molar-refractivity contribution >= 4 is 119 Å². The van der Waals surface area contributed by atoms with Gasteiger partial charge in [-0.15, -0.1) is 5.06 Å². The number of hydroxylamine groups is 2. The predicted octanol–water partition coefficient (Wildman–Crippen LogP) is 6.98. The van der Waals surface area contributed by atoms with Crippen LogP contribution >= 0.6 is 11.6 Å². The minimum Gasteiger partial charge on any atom is -0.382 e. The summed E-state index contributed by atoms with van der Waals surface area (Å²) in [4.78, 5) is 41.7. The molecule has 35 heteroatoms. The SMILES string of the molecule is COCCOCCOCCOCCC1(C)/C(=C\C=C2/CCCC(/C=C/C3=[N+](CCOCCOCCOC)c4ccc5c(S(=O)(=O)O)cc(S(=O)(=O)O)cc5c4C3(C)CCCS(=O)(=O)O)=C2Cl)N(CCCC(=O)ON2C(=O)CCC2=O)c2ccc3c(S(=O)(=O)O)cc(S(=O)(=O)O)cc3c21. The average molecular weight is 1490 g/mol. The lowest BCUT2D eigenvalue weighted by molar-refractivity contribution is -0.442. The Morgan fingerprint density at radius 1 is 0.582 bits per heavy atom. The molecule has 0 bridgehead atoms. The number of benzene rings is 4. The summed E-state index contributed by atoms with van der Waals surface area (Å²) < 4.78 is 221. The summed E-state index contributed by atoms with van der Waals surface area (Å²) in [6.45, 7) is 6.09. The van der Waals surface area contributed by atoms with Crippen LogP contribution in [0.5, 0.6) is 0 Å². The normalized spacial score (nSPS) is 19.7. The first-order chi connectivity index (χ1) is 46.1. The molecule has 2 amide bonds. The number of allylic oxidation sites excluding steroid dienone is 8. The smallest absolute Gasteiger partial charge is 0.333 e. The second-order valence-corrected chi connectivity index (χ2v) is 31.4. The Morgan fingerprint density at radius 3 is 1.63 bits per heavy atom. The van der Waals surface area contributed by atoms with E-state index in [1.807, 2.05) is 4.58 Å². The second-order valence-electron chi connectivity index (χ2n) is 23.8. The lowest BCUT2D eigenvalue weighted by Gasteiger charge is -2.31. The molecule has 0 spiro atoms. The molecule has 4 aliphatic rings. The number of imide groups is 1. The summed E-state index contributed by atoms with van der Waals surface area (Å²) in [7, 11) is -22.2. The van der Waals surface area contributed by atoms with Gasteiger partial charge < -0.3 is 42.9 Å². The molecule has 5 N–H and O–H groups in total. The Morgan fingerprint density at radius 2 is 1.10 bits per heavy atom. The maximum Gasteiger partial charge on any atom is 0.333 e. The van der Waals surface area contributed by atoms with Gasteiger partial charge in [-0.25, -0.2) is 4.79 Å². The number of carbonyl (C=O) groups excluding carboxylic acids is 3. The van der Waals surface area contributed by atoms with E-state index in [0.29, 0.717) is 102 Å². The number of ether oxygens (including phenoxy) is 7. The molecule has 1 aliphatic carbocycles. The van der Waals surface area contributed by atoms with Gasteiger partial charge in [0.1, 0.15) is 16.4 Å².